The zero-order valence-corrected chi connectivity index (χ0v) is 11.8. The summed E-state index contributed by atoms with van der Waals surface area (Å²) >= 11 is 11.6. The van der Waals surface area contributed by atoms with Crippen LogP contribution in [0.5, 0.6) is 0 Å². The lowest BCUT2D eigenvalue weighted by Gasteiger charge is -2.07. The molecule has 0 radical (unpaired) electrons. The molecule has 2 rings (SSSR count). The van der Waals surface area contributed by atoms with Gasteiger partial charge in [-0.25, -0.2) is 0 Å². The van der Waals surface area contributed by atoms with Gasteiger partial charge in [-0.3, -0.25) is 14.9 Å². The first-order chi connectivity index (χ1) is 9.88. The van der Waals surface area contributed by atoms with Crippen molar-refractivity contribution in [1.82, 2.24) is 0 Å². The van der Waals surface area contributed by atoms with Gasteiger partial charge in [-0.05, 0) is 30.3 Å². The Morgan fingerprint density at radius 2 is 1.90 bits per heavy atom. The Kier molecular flexibility index (Phi) is 4.40. The Morgan fingerprint density at radius 1 is 1.19 bits per heavy atom. The molecule has 0 atom stereocenters. The minimum absolute atomic E-state index is 0.0610. The van der Waals surface area contributed by atoms with E-state index in [2.05, 4.69) is 5.32 Å². The van der Waals surface area contributed by atoms with Gasteiger partial charge in [-0.2, -0.15) is 4.39 Å². The number of nitrogens with zero attached hydrogens (tertiary/aromatic N) is 1. The van der Waals surface area contributed by atoms with E-state index in [0.717, 1.165) is 18.2 Å². The van der Waals surface area contributed by atoms with Gasteiger partial charge in [0.25, 0.3) is 5.91 Å². The second kappa shape index (κ2) is 6.07. The highest BCUT2D eigenvalue weighted by Crippen LogP contribution is 2.26. The smallest absolute Gasteiger partial charge is 0.305 e. The molecule has 0 saturated carbocycles. The average molecular weight is 329 g/mol. The van der Waals surface area contributed by atoms with E-state index in [1.54, 1.807) is 0 Å². The summed E-state index contributed by atoms with van der Waals surface area (Å²) in [5.74, 6) is -1.66. The Labute approximate surface area is 128 Å². The van der Waals surface area contributed by atoms with Gasteiger partial charge >= 0.3 is 5.69 Å². The van der Waals surface area contributed by atoms with E-state index in [-0.39, 0.29) is 16.3 Å². The normalized spacial score (nSPS) is 10.2. The Morgan fingerprint density at radius 3 is 2.52 bits per heavy atom. The summed E-state index contributed by atoms with van der Waals surface area (Å²) in [6.07, 6.45) is 0. The van der Waals surface area contributed by atoms with Crippen LogP contribution in [-0.4, -0.2) is 10.8 Å². The number of nitro groups is 1. The fraction of sp³-hybridized carbons (Fsp3) is 0. The predicted molar refractivity (Wildman–Crippen MR) is 77.5 cm³/mol. The minimum atomic E-state index is -1.01. The first kappa shape index (κ1) is 15.2. The molecular weight excluding hydrogens is 322 g/mol. The zero-order valence-electron chi connectivity index (χ0n) is 10.3. The Hall–Kier alpha value is -2.18. The molecule has 5 nitrogen and oxygen atoms in total. The number of anilines is 1. The van der Waals surface area contributed by atoms with Crippen LogP contribution in [0, 0.1) is 15.9 Å². The second-order valence-corrected chi connectivity index (χ2v) is 4.85. The van der Waals surface area contributed by atoms with Crippen molar-refractivity contribution in [2.45, 2.75) is 0 Å². The van der Waals surface area contributed by atoms with Gasteiger partial charge in [-0.1, -0.05) is 23.2 Å². The van der Waals surface area contributed by atoms with E-state index in [1.165, 1.54) is 18.2 Å². The van der Waals surface area contributed by atoms with Crippen LogP contribution >= 0.6 is 23.2 Å². The molecule has 0 aliphatic carbocycles. The molecule has 1 N–H and O–H groups in total. The topological polar surface area (TPSA) is 72.2 Å². The van der Waals surface area contributed by atoms with Gasteiger partial charge in [0, 0.05) is 16.7 Å². The van der Waals surface area contributed by atoms with Gasteiger partial charge in [0.1, 0.15) is 0 Å². The lowest BCUT2D eigenvalue weighted by atomic mass is 10.1. The van der Waals surface area contributed by atoms with E-state index in [1.807, 2.05) is 0 Å². The van der Waals surface area contributed by atoms with Crippen LogP contribution in [0.1, 0.15) is 10.4 Å². The first-order valence-corrected chi connectivity index (χ1v) is 6.34. The Bertz CT molecular complexity index is 737. The molecule has 0 unspecified atom stereocenters. The van der Waals surface area contributed by atoms with Crippen molar-refractivity contribution in [3.05, 3.63) is 67.9 Å². The maximum absolute atomic E-state index is 13.2. The van der Waals surface area contributed by atoms with Crippen LogP contribution in [0.4, 0.5) is 15.8 Å². The number of amides is 1. The highest BCUT2D eigenvalue weighted by atomic mass is 35.5. The van der Waals surface area contributed by atoms with Crippen molar-refractivity contribution < 1.29 is 14.1 Å². The van der Waals surface area contributed by atoms with E-state index in [0.29, 0.717) is 5.02 Å². The summed E-state index contributed by atoms with van der Waals surface area (Å²) in [6.45, 7) is 0. The molecule has 0 spiro atoms. The SMILES string of the molecule is O=C(Nc1ccc(Cl)cc1Cl)c1ccc(F)c([N+](=O)[O-])c1. The van der Waals surface area contributed by atoms with Crippen LogP contribution in [0.3, 0.4) is 0 Å². The fourth-order valence-corrected chi connectivity index (χ4v) is 2.03. The molecule has 0 heterocycles. The molecule has 8 heteroatoms. The van der Waals surface area contributed by atoms with Crippen molar-refractivity contribution in [3.63, 3.8) is 0 Å². The highest BCUT2D eigenvalue weighted by Gasteiger charge is 2.18. The van der Waals surface area contributed by atoms with Gasteiger partial charge in [-0.15, -0.1) is 0 Å². The first-order valence-electron chi connectivity index (χ1n) is 5.59. The molecule has 2 aromatic carbocycles. The average Bonchev–Trinajstić information content (AvgIpc) is 2.42. The monoisotopic (exact) mass is 328 g/mol. The number of nitrogens with one attached hydrogen (secondary N) is 1. The molecule has 0 aliphatic rings. The van der Waals surface area contributed by atoms with Gasteiger partial charge in [0.05, 0.1) is 15.6 Å². The van der Waals surface area contributed by atoms with Crippen LogP contribution in [-0.2, 0) is 0 Å². The third kappa shape index (κ3) is 3.48. The van der Waals surface area contributed by atoms with Crippen LogP contribution in [0.2, 0.25) is 10.0 Å². The van der Waals surface area contributed by atoms with E-state index in [9.17, 15) is 19.3 Å². The summed E-state index contributed by atoms with van der Waals surface area (Å²) in [4.78, 5) is 21.7. The summed E-state index contributed by atoms with van der Waals surface area (Å²) in [5.41, 5.74) is -0.544. The molecule has 21 heavy (non-hydrogen) atoms. The van der Waals surface area contributed by atoms with Crippen molar-refractivity contribution in [2.24, 2.45) is 0 Å². The molecule has 0 aliphatic heterocycles. The predicted octanol–water partition coefficient (Wildman–Crippen LogP) is 4.29. The van der Waals surface area contributed by atoms with Crippen LogP contribution in [0.25, 0.3) is 0 Å². The number of benzene rings is 2. The lowest BCUT2D eigenvalue weighted by Crippen LogP contribution is -2.12. The molecule has 0 aromatic heterocycles. The summed E-state index contributed by atoms with van der Waals surface area (Å²) in [6, 6.07) is 7.30. The van der Waals surface area contributed by atoms with Crippen LogP contribution < -0.4 is 5.32 Å². The van der Waals surface area contributed by atoms with Gasteiger partial charge < -0.3 is 5.32 Å². The molecule has 2 aromatic rings. The van der Waals surface area contributed by atoms with Gasteiger partial charge in [0.2, 0.25) is 5.82 Å². The molecular formula is C13H7Cl2FN2O3. The van der Waals surface area contributed by atoms with E-state index < -0.39 is 22.3 Å². The summed E-state index contributed by atoms with van der Waals surface area (Å²) in [7, 11) is 0. The minimum Gasteiger partial charge on any atom is -0.321 e. The van der Waals surface area contributed by atoms with Gasteiger partial charge in [0.15, 0.2) is 0 Å². The lowest BCUT2D eigenvalue weighted by molar-refractivity contribution is -0.387. The number of nitro benzene ring substituents is 1. The second-order valence-electron chi connectivity index (χ2n) is 4.00. The maximum Gasteiger partial charge on any atom is 0.305 e. The third-order valence-electron chi connectivity index (χ3n) is 2.58. The molecule has 108 valence electrons. The number of rotatable bonds is 3. The fourth-order valence-electron chi connectivity index (χ4n) is 1.58. The number of carbonyl (C=O) groups is 1. The van der Waals surface area contributed by atoms with Crippen LogP contribution in [0.15, 0.2) is 36.4 Å². The molecule has 0 saturated heterocycles. The highest BCUT2D eigenvalue weighted by molar-refractivity contribution is 6.36. The molecule has 1 amide bonds. The summed E-state index contributed by atoms with van der Waals surface area (Å²) in [5, 5.41) is 13.7. The largest absolute Gasteiger partial charge is 0.321 e. The van der Waals surface area contributed by atoms with E-state index in [4.69, 9.17) is 23.2 Å². The van der Waals surface area contributed by atoms with Crippen molar-refractivity contribution in [1.29, 1.82) is 0 Å². The standard InChI is InChI=1S/C13H7Cl2FN2O3/c14-8-2-4-11(9(15)6-8)17-13(19)7-1-3-10(16)12(5-7)18(20)21/h1-6H,(H,17,19). The van der Waals surface area contributed by atoms with Crippen molar-refractivity contribution >= 4 is 40.5 Å². The molecule has 0 fully saturated rings. The van der Waals surface area contributed by atoms with Crippen molar-refractivity contribution in [2.75, 3.05) is 5.32 Å². The van der Waals surface area contributed by atoms with Crippen molar-refractivity contribution in [3.8, 4) is 0 Å². The maximum atomic E-state index is 13.2. The molecule has 0 bridgehead atoms. The third-order valence-corrected chi connectivity index (χ3v) is 3.13. The number of hydrogen-bond donors (Lipinski definition) is 1. The zero-order chi connectivity index (χ0) is 15.6. The summed E-state index contributed by atoms with van der Waals surface area (Å²) < 4.78 is 13.2. The number of hydrogen-bond acceptors (Lipinski definition) is 3. The number of halogens is 3. The number of carbonyl (C=O) groups excluding carboxylic acids is 1. The van der Waals surface area contributed by atoms with E-state index >= 15 is 0 Å². The quantitative estimate of drug-likeness (QED) is 0.674. The Balaban J connectivity index is 2.28.